The SMILES string of the molecule is COC1(C(=O)NC(C)C(=O)Nc2cccc(N3CCCC3)c2)CCNCC1. The molecule has 3 N–H and O–H groups in total. The van der Waals surface area contributed by atoms with E-state index < -0.39 is 11.6 Å². The molecule has 2 heterocycles. The van der Waals surface area contributed by atoms with E-state index in [4.69, 9.17) is 4.74 Å². The van der Waals surface area contributed by atoms with Gasteiger partial charge in [-0.25, -0.2) is 0 Å². The van der Waals surface area contributed by atoms with Crippen molar-refractivity contribution < 1.29 is 14.3 Å². The summed E-state index contributed by atoms with van der Waals surface area (Å²) < 4.78 is 5.52. The molecule has 0 radical (unpaired) electrons. The average molecular weight is 374 g/mol. The molecule has 1 atom stereocenters. The predicted octanol–water partition coefficient (Wildman–Crippen LogP) is 1.50. The number of methoxy groups -OCH3 is 1. The van der Waals surface area contributed by atoms with Crippen LogP contribution >= 0.6 is 0 Å². The molecular weight excluding hydrogens is 344 g/mol. The smallest absolute Gasteiger partial charge is 0.252 e. The van der Waals surface area contributed by atoms with Crippen LogP contribution in [0, 0.1) is 0 Å². The third-order valence-corrected chi connectivity index (χ3v) is 5.54. The fourth-order valence-corrected chi connectivity index (χ4v) is 3.75. The van der Waals surface area contributed by atoms with Crippen molar-refractivity contribution in [3.05, 3.63) is 24.3 Å². The van der Waals surface area contributed by atoms with Crippen molar-refractivity contribution in [3.8, 4) is 0 Å². The number of piperidine rings is 1. The lowest BCUT2D eigenvalue weighted by Crippen LogP contribution is -2.57. The zero-order chi connectivity index (χ0) is 19.3. The quantitative estimate of drug-likeness (QED) is 0.703. The summed E-state index contributed by atoms with van der Waals surface area (Å²) in [5.74, 6) is -0.456. The van der Waals surface area contributed by atoms with Crippen molar-refractivity contribution in [1.29, 1.82) is 0 Å². The number of anilines is 2. The normalized spacial score (nSPS) is 20.1. The topological polar surface area (TPSA) is 82.7 Å². The number of hydrogen-bond acceptors (Lipinski definition) is 5. The molecule has 0 bridgehead atoms. The molecule has 7 heteroatoms. The van der Waals surface area contributed by atoms with Crippen LogP contribution in [0.25, 0.3) is 0 Å². The molecule has 2 amide bonds. The molecule has 2 aliphatic rings. The number of benzene rings is 1. The zero-order valence-electron chi connectivity index (χ0n) is 16.2. The third-order valence-electron chi connectivity index (χ3n) is 5.54. The number of nitrogens with one attached hydrogen (secondary N) is 3. The highest BCUT2D eigenvalue weighted by molar-refractivity contribution is 5.98. The van der Waals surface area contributed by atoms with Gasteiger partial charge in [-0.2, -0.15) is 0 Å². The molecule has 148 valence electrons. The Bertz CT molecular complexity index is 667. The maximum absolute atomic E-state index is 12.7. The molecule has 0 aliphatic carbocycles. The second-order valence-corrected chi connectivity index (χ2v) is 7.38. The van der Waals surface area contributed by atoms with Gasteiger partial charge in [0.2, 0.25) is 5.91 Å². The van der Waals surface area contributed by atoms with E-state index >= 15 is 0 Å². The molecule has 0 saturated carbocycles. The Morgan fingerprint density at radius 3 is 2.59 bits per heavy atom. The molecule has 2 saturated heterocycles. The first-order valence-corrected chi connectivity index (χ1v) is 9.77. The minimum atomic E-state index is -0.852. The van der Waals surface area contributed by atoms with E-state index in [-0.39, 0.29) is 11.8 Å². The summed E-state index contributed by atoms with van der Waals surface area (Å²) in [6.07, 6.45) is 3.61. The first-order valence-electron chi connectivity index (χ1n) is 9.77. The lowest BCUT2D eigenvalue weighted by Gasteiger charge is -2.35. The number of carbonyl (C=O) groups is 2. The van der Waals surface area contributed by atoms with Gasteiger partial charge < -0.3 is 25.6 Å². The van der Waals surface area contributed by atoms with Gasteiger partial charge >= 0.3 is 0 Å². The summed E-state index contributed by atoms with van der Waals surface area (Å²) in [6.45, 7) is 5.26. The maximum Gasteiger partial charge on any atom is 0.252 e. The highest BCUT2D eigenvalue weighted by Gasteiger charge is 2.40. The van der Waals surface area contributed by atoms with Crippen LogP contribution in [0.5, 0.6) is 0 Å². The van der Waals surface area contributed by atoms with E-state index in [0.29, 0.717) is 12.8 Å². The Balaban J connectivity index is 1.59. The van der Waals surface area contributed by atoms with E-state index in [9.17, 15) is 9.59 Å². The number of carbonyl (C=O) groups excluding carboxylic acids is 2. The Morgan fingerprint density at radius 1 is 1.22 bits per heavy atom. The van der Waals surface area contributed by atoms with Crippen molar-refractivity contribution >= 4 is 23.2 Å². The second kappa shape index (κ2) is 8.71. The van der Waals surface area contributed by atoms with Gasteiger partial charge in [0.15, 0.2) is 0 Å². The van der Waals surface area contributed by atoms with Gasteiger partial charge in [0, 0.05) is 31.6 Å². The van der Waals surface area contributed by atoms with Crippen LogP contribution in [-0.2, 0) is 14.3 Å². The van der Waals surface area contributed by atoms with E-state index in [1.807, 2.05) is 18.2 Å². The molecular formula is C20H30N4O3. The lowest BCUT2D eigenvalue weighted by atomic mass is 9.91. The van der Waals surface area contributed by atoms with E-state index in [1.165, 1.54) is 12.8 Å². The van der Waals surface area contributed by atoms with Gasteiger partial charge in [-0.1, -0.05) is 6.07 Å². The van der Waals surface area contributed by atoms with E-state index in [0.717, 1.165) is 37.6 Å². The largest absolute Gasteiger partial charge is 0.371 e. The van der Waals surface area contributed by atoms with Crippen molar-refractivity contribution in [2.45, 2.75) is 44.2 Å². The van der Waals surface area contributed by atoms with Crippen molar-refractivity contribution in [2.75, 3.05) is 43.5 Å². The predicted molar refractivity (Wildman–Crippen MR) is 106 cm³/mol. The molecule has 1 aromatic carbocycles. The Morgan fingerprint density at radius 2 is 1.93 bits per heavy atom. The Labute approximate surface area is 160 Å². The number of hydrogen-bond donors (Lipinski definition) is 3. The molecule has 2 fully saturated rings. The minimum absolute atomic E-state index is 0.222. The molecule has 7 nitrogen and oxygen atoms in total. The Kier molecular flexibility index (Phi) is 6.34. The van der Waals surface area contributed by atoms with Crippen molar-refractivity contribution in [2.24, 2.45) is 0 Å². The zero-order valence-corrected chi connectivity index (χ0v) is 16.2. The van der Waals surface area contributed by atoms with Crippen LogP contribution in [0.3, 0.4) is 0 Å². The van der Waals surface area contributed by atoms with Crippen LogP contribution in [-0.4, -0.2) is 56.7 Å². The lowest BCUT2D eigenvalue weighted by molar-refractivity contribution is -0.148. The number of ether oxygens (including phenoxy) is 1. The molecule has 27 heavy (non-hydrogen) atoms. The molecule has 2 aliphatic heterocycles. The summed E-state index contributed by atoms with van der Waals surface area (Å²) in [5, 5.41) is 8.95. The first kappa shape index (κ1) is 19.6. The summed E-state index contributed by atoms with van der Waals surface area (Å²) >= 11 is 0. The van der Waals surface area contributed by atoms with Gasteiger partial charge in [-0.3, -0.25) is 9.59 Å². The van der Waals surface area contributed by atoms with Gasteiger partial charge in [0.25, 0.3) is 5.91 Å². The number of rotatable bonds is 6. The van der Waals surface area contributed by atoms with Crippen LogP contribution in [0.2, 0.25) is 0 Å². The molecule has 1 aromatic rings. The molecule has 0 aromatic heterocycles. The highest BCUT2D eigenvalue weighted by atomic mass is 16.5. The van der Waals surface area contributed by atoms with E-state index in [2.05, 4.69) is 26.9 Å². The Hall–Kier alpha value is -2.12. The van der Waals surface area contributed by atoms with Crippen LogP contribution < -0.4 is 20.9 Å². The summed E-state index contributed by atoms with van der Waals surface area (Å²) in [4.78, 5) is 27.6. The van der Waals surface area contributed by atoms with Gasteiger partial charge in [-0.15, -0.1) is 0 Å². The molecule has 1 unspecified atom stereocenters. The first-order chi connectivity index (χ1) is 13.0. The van der Waals surface area contributed by atoms with E-state index in [1.54, 1.807) is 14.0 Å². The average Bonchev–Trinajstić information content (AvgIpc) is 3.23. The number of amides is 2. The maximum atomic E-state index is 12.7. The standard InChI is InChI=1S/C20H30N4O3/c1-15(22-19(26)20(27-2)8-10-21-11-9-20)18(25)23-16-6-5-7-17(14-16)24-12-3-4-13-24/h5-7,14-15,21H,3-4,8-13H2,1-2H3,(H,22,26)(H,23,25). The fourth-order valence-electron chi connectivity index (χ4n) is 3.75. The summed E-state index contributed by atoms with van der Waals surface area (Å²) in [6, 6.07) is 7.22. The molecule has 3 rings (SSSR count). The van der Waals surface area contributed by atoms with Crippen LogP contribution in [0.1, 0.15) is 32.6 Å². The van der Waals surface area contributed by atoms with Crippen LogP contribution in [0.4, 0.5) is 11.4 Å². The van der Waals surface area contributed by atoms with Crippen molar-refractivity contribution in [3.63, 3.8) is 0 Å². The summed E-state index contributed by atoms with van der Waals surface area (Å²) in [7, 11) is 1.56. The number of nitrogens with zero attached hydrogens (tertiary/aromatic N) is 1. The van der Waals surface area contributed by atoms with Gasteiger partial charge in [0.1, 0.15) is 11.6 Å². The van der Waals surface area contributed by atoms with Crippen molar-refractivity contribution in [1.82, 2.24) is 10.6 Å². The fraction of sp³-hybridized carbons (Fsp3) is 0.600. The third kappa shape index (κ3) is 4.59. The van der Waals surface area contributed by atoms with Gasteiger partial charge in [0.05, 0.1) is 0 Å². The minimum Gasteiger partial charge on any atom is -0.371 e. The summed E-state index contributed by atoms with van der Waals surface area (Å²) in [5.41, 5.74) is 1.01. The second-order valence-electron chi connectivity index (χ2n) is 7.38. The van der Waals surface area contributed by atoms with Crippen LogP contribution in [0.15, 0.2) is 24.3 Å². The van der Waals surface area contributed by atoms with Gasteiger partial charge in [-0.05, 0) is 63.9 Å². The monoisotopic (exact) mass is 374 g/mol. The molecule has 0 spiro atoms. The highest BCUT2D eigenvalue weighted by Crippen LogP contribution is 2.24.